The summed E-state index contributed by atoms with van der Waals surface area (Å²) in [7, 11) is -2.18. The van der Waals surface area contributed by atoms with Gasteiger partial charge in [-0.1, -0.05) is 32.1 Å². The third-order valence-corrected chi connectivity index (χ3v) is 8.59. The van der Waals surface area contributed by atoms with Crippen LogP contribution in [0.5, 0.6) is 11.5 Å². The molecule has 3 atom stereocenters. The van der Waals surface area contributed by atoms with E-state index in [4.69, 9.17) is 9.47 Å². The Bertz CT molecular complexity index is 965. The Hall–Kier alpha value is -2.37. The number of carbonyl (C=O) groups excluding carboxylic acids is 2. The average molecular weight is 540 g/mol. The summed E-state index contributed by atoms with van der Waals surface area (Å²) in [5.41, 5.74) is 0. The number of carbonyl (C=O) groups is 2. The van der Waals surface area contributed by atoms with Gasteiger partial charge in [0.1, 0.15) is 17.5 Å². The highest BCUT2D eigenvalue weighted by atomic mass is 32.2. The molecule has 11 heteroatoms. The number of rotatable bonds is 15. The lowest BCUT2D eigenvalue weighted by Gasteiger charge is -2.28. The molecular weight excluding hydrogens is 498 g/mol. The normalized spacial score (nSPS) is 20.2. The van der Waals surface area contributed by atoms with Crippen LogP contribution in [0.3, 0.4) is 0 Å². The molecule has 1 aliphatic carbocycles. The van der Waals surface area contributed by atoms with Gasteiger partial charge in [-0.05, 0) is 55.9 Å². The van der Waals surface area contributed by atoms with Crippen LogP contribution < -0.4 is 24.8 Å². The molecule has 2 fully saturated rings. The van der Waals surface area contributed by atoms with Gasteiger partial charge in [0.2, 0.25) is 21.8 Å². The summed E-state index contributed by atoms with van der Waals surface area (Å²) in [5.74, 6) is 0.604. The van der Waals surface area contributed by atoms with Crippen molar-refractivity contribution in [3.8, 4) is 11.5 Å². The molecule has 3 rings (SSSR count). The lowest BCUT2D eigenvalue weighted by atomic mass is 9.85. The molecule has 0 aromatic heterocycles. The maximum atomic E-state index is 13.2. The van der Waals surface area contributed by atoms with Crippen LogP contribution in [-0.4, -0.2) is 70.0 Å². The summed E-state index contributed by atoms with van der Waals surface area (Å²) in [4.78, 5) is 25.1. The molecular formula is C26H41N3O7S. The molecule has 1 saturated carbocycles. The van der Waals surface area contributed by atoms with Crippen LogP contribution in [0.2, 0.25) is 0 Å². The summed E-state index contributed by atoms with van der Waals surface area (Å²) in [6.07, 6.45) is 6.88. The van der Waals surface area contributed by atoms with Crippen LogP contribution >= 0.6 is 0 Å². The Balaban J connectivity index is 1.55. The predicted molar refractivity (Wildman–Crippen MR) is 140 cm³/mol. The third-order valence-electron chi connectivity index (χ3n) is 7.12. The van der Waals surface area contributed by atoms with Crippen LogP contribution in [0.25, 0.3) is 0 Å². The minimum absolute atomic E-state index is 0.0796. The molecule has 0 radical (unpaired) electrons. The Morgan fingerprint density at radius 2 is 1.81 bits per heavy atom. The second-order valence-electron chi connectivity index (χ2n) is 10.0. The summed E-state index contributed by atoms with van der Waals surface area (Å²) in [6, 6.07) is 5.49. The average Bonchev–Trinajstić information content (AvgIpc) is 3.30. The largest absolute Gasteiger partial charge is 0.497 e. The van der Waals surface area contributed by atoms with Crippen LogP contribution in [-0.2, 0) is 19.6 Å². The standard InChI is InChI=1S/C26H41N3O7S/c1-35-22-8-10-23(11-9-22)36-14-5-15-37(33,34)29-24(16-19-6-3-2-4-7-19)26(32)28-21(18-30)17-20-12-13-27-25(20)31/h8-11,19-21,24,29-30H,2-7,12-18H2,1H3,(H,27,31)(H,28,32)/t20-,21-,24-/m0/s1. The Labute approximate surface area is 219 Å². The first kappa shape index (κ1) is 29.2. The Kier molecular flexibility index (Phi) is 11.5. The molecule has 10 nitrogen and oxygen atoms in total. The minimum atomic E-state index is -3.75. The maximum Gasteiger partial charge on any atom is 0.238 e. The minimum Gasteiger partial charge on any atom is -0.497 e. The number of methoxy groups -OCH3 is 1. The molecule has 0 bridgehead atoms. The molecule has 1 aromatic rings. The molecule has 0 unspecified atom stereocenters. The van der Waals surface area contributed by atoms with Gasteiger partial charge in [0.25, 0.3) is 0 Å². The monoisotopic (exact) mass is 539 g/mol. The first-order chi connectivity index (χ1) is 17.8. The fourth-order valence-electron chi connectivity index (χ4n) is 5.05. The third kappa shape index (κ3) is 9.79. The van der Waals surface area contributed by atoms with E-state index in [0.717, 1.165) is 32.1 Å². The second kappa shape index (κ2) is 14.5. The van der Waals surface area contributed by atoms with E-state index < -0.39 is 28.0 Å². The van der Waals surface area contributed by atoms with Crippen LogP contribution in [0.15, 0.2) is 24.3 Å². The van der Waals surface area contributed by atoms with Gasteiger partial charge < -0.3 is 25.2 Å². The van der Waals surface area contributed by atoms with Gasteiger partial charge in [0.05, 0.1) is 32.1 Å². The van der Waals surface area contributed by atoms with E-state index in [0.29, 0.717) is 37.3 Å². The zero-order valence-corrected chi connectivity index (χ0v) is 22.4. The number of hydrogen-bond donors (Lipinski definition) is 4. The van der Waals surface area contributed by atoms with Gasteiger partial charge in [-0.15, -0.1) is 0 Å². The van der Waals surface area contributed by atoms with Gasteiger partial charge in [-0.3, -0.25) is 9.59 Å². The van der Waals surface area contributed by atoms with Gasteiger partial charge in [0.15, 0.2) is 0 Å². The number of aliphatic hydroxyl groups is 1. The van der Waals surface area contributed by atoms with Crippen molar-refractivity contribution in [3.05, 3.63) is 24.3 Å². The molecule has 1 aromatic carbocycles. The highest BCUT2D eigenvalue weighted by Crippen LogP contribution is 2.28. The summed E-state index contributed by atoms with van der Waals surface area (Å²) >= 11 is 0. The fraction of sp³-hybridized carbons (Fsp3) is 0.692. The maximum absolute atomic E-state index is 13.2. The molecule has 0 spiro atoms. The lowest BCUT2D eigenvalue weighted by Crippen LogP contribution is -2.52. The van der Waals surface area contributed by atoms with Crippen LogP contribution in [0.1, 0.15) is 57.8 Å². The van der Waals surface area contributed by atoms with E-state index in [9.17, 15) is 23.1 Å². The number of hydrogen-bond acceptors (Lipinski definition) is 7. The highest BCUT2D eigenvalue weighted by Gasteiger charge is 2.32. The predicted octanol–water partition coefficient (Wildman–Crippen LogP) is 1.73. The van der Waals surface area contributed by atoms with E-state index in [1.54, 1.807) is 31.4 Å². The van der Waals surface area contributed by atoms with E-state index in [1.807, 2.05) is 0 Å². The van der Waals surface area contributed by atoms with Crippen molar-refractivity contribution in [2.24, 2.45) is 11.8 Å². The smallest absolute Gasteiger partial charge is 0.238 e. The molecule has 2 aliphatic rings. The van der Waals surface area contributed by atoms with Crippen molar-refractivity contribution in [3.63, 3.8) is 0 Å². The van der Waals surface area contributed by atoms with Crippen LogP contribution in [0, 0.1) is 11.8 Å². The van der Waals surface area contributed by atoms with E-state index in [1.165, 1.54) is 0 Å². The Morgan fingerprint density at radius 1 is 1.11 bits per heavy atom. The van der Waals surface area contributed by atoms with Crippen molar-refractivity contribution >= 4 is 21.8 Å². The number of sulfonamides is 1. The van der Waals surface area contributed by atoms with Crippen LogP contribution in [0.4, 0.5) is 0 Å². The summed E-state index contributed by atoms with van der Waals surface area (Å²) in [6.45, 7) is 0.478. The molecule has 37 heavy (non-hydrogen) atoms. The molecule has 1 saturated heterocycles. The first-order valence-electron chi connectivity index (χ1n) is 13.3. The number of aliphatic hydroxyl groups excluding tert-OH is 1. The molecule has 2 amide bonds. The van der Waals surface area contributed by atoms with Gasteiger partial charge in [0, 0.05) is 12.5 Å². The SMILES string of the molecule is COc1ccc(OCCCS(=O)(=O)N[C@@H](CC2CCCCC2)C(=O)N[C@H](CO)C[C@@H]2CCNC2=O)cc1. The molecule has 4 N–H and O–H groups in total. The van der Waals surface area contributed by atoms with E-state index >= 15 is 0 Å². The fourth-order valence-corrected chi connectivity index (χ4v) is 6.30. The zero-order chi connectivity index (χ0) is 26.7. The van der Waals surface area contributed by atoms with Crippen molar-refractivity contribution in [2.45, 2.75) is 69.9 Å². The summed E-state index contributed by atoms with van der Waals surface area (Å²) < 4.78 is 39.1. The Morgan fingerprint density at radius 3 is 2.43 bits per heavy atom. The van der Waals surface area contributed by atoms with Crippen molar-refractivity contribution in [1.29, 1.82) is 0 Å². The van der Waals surface area contributed by atoms with Gasteiger partial charge in [-0.2, -0.15) is 0 Å². The van der Waals surface area contributed by atoms with E-state index in [-0.39, 0.29) is 43.1 Å². The second-order valence-corrected chi connectivity index (χ2v) is 11.9. The molecule has 208 valence electrons. The lowest BCUT2D eigenvalue weighted by molar-refractivity contribution is -0.126. The van der Waals surface area contributed by atoms with Crippen molar-refractivity contribution in [2.75, 3.05) is 32.6 Å². The number of amides is 2. The zero-order valence-electron chi connectivity index (χ0n) is 21.6. The molecule has 1 aliphatic heterocycles. The molecule has 1 heterocycles. The van der Waals surface area contributed by atoms with Gasteiger partial charge >= 0.3 is 0 Å². The quantitative estimate of drug-likeness (QED) is 0.249. The highest BCUT2D eigenvalue weighted by molar-refractivity contribution is 7.89. The topological polar surface area (TPSA) is 143 Å². The number of nitrogens with one attached hydrogen (secondary N) is 3. The van der Waals surface area contributed by atoms with Crippen molar-refractivity contribution in [1.82, 2.24) is 15.4 Å². The van der Waals surface area contributed by atoms with Gasteiger partial charge in [-0.25, -0.2) is 13.1 Å². The number of benzene rings is 1. The first-order valence-corrected chi connectivity index (χ1v) is 14.9. The van der Waals surface area contributed by atoms with E-state index in [2.05, 4.69) is 15.4 Å². The number of ether oxygens (including phenoxy) is 2. The summed E-state index contributed by atoms with van der Waals surface area (Å²) in [5, 5.41) is 15.4. The van der Waals surface area contributed by atoms with Crippen molar-refractivity contribution < 1.29 is 32.6 Å².